The second-order valence-electron chi connectivity index (χ2n) is 5.84. The Kier molecular flexibility index (Phi) is 4.45. The molecule has 3 N–H and O–H groups in total. The van der Waals surface area contributed by atoms with Gasteiger partial charge < -0.3 is 11.1 Å². The van der Waals surface area contributed by atoms with Gasteiger partial charge in [0, 0.05) is 11.9 Å². The van der Waals surface area contributed by atoms with Crippen molar-refractivity contribution in [2.75, 3.05) is 5.32 Å². The molecule has 1 unspecified atom stereocenters. The second kappa shape index (κ2) is 6.23. The number of rotatable bonds is 3. The summed E-state index contributed by atoms with van der Waals surface area (Å²) in [5.41, 5.74) is 7.53. The fourth-order valence-corrected chi connectivity index (χ4v) is 5.06. The Hall–Kier alpha value is -1.42. The maximum absolute atomic E-state index is 12.5. The SMILES string of the molecule is CC1CCc2c(sc(NC(=O)c3c(I)cnn3C)c2C(N)=O)C1. The van der Waals surface area contributed by atoms with E-state index in [1.807, 2.05) is 0 Å². The Bertz CT molecular complexity index is 776. The van der Waals surface area contributed by atoms with Crippen molar-refractivity contribution in [1.82, 2.24) is 9.78 Å². The molecule has 0 spiro atoms. The van der Waals surface area contributed by atoms with Crippen LogP contribution < -0.4 is 11.1 Å². The van der Waals surface area contributed by atoms with Gasteiger partial charge in [-0.25, -0.2) is 0 Å². The number of hydrogen-bond donors (Lipinski definition) is 2. The van der Waals surface area contributed by atoms with Crippen molar-refractivity contribution in [3.63, 3.8) is 0 Å². The number of amides is 2. The summed E-state index contributed by atoms with van der Waals surface area (Å²) in [7, 11) is 1.72. The fraction of sp³-hybridized carbons (Fsp3) is 0.400. The third-order valence-corrected chi connectivity index (χ3v) is 6.05. The molecule has 0 aliphatic heterocycles. The minimum Gasteiger partial charge on any atom is -0.365 e. The summed E-state index contributed by atoms with van der Waals surface area (Å²) in [5, 5.41) is 7.49. The normalized spacial score (nSPS) is 16.9. The molecule has 8 heteroatoms. The number of nitrogens with zero attached hydrogens (tertiary/aromatic N) is 2. The number of nitrogens with two attached hydrogens (primary N) is 1. The first-order chi connectivity index (χ1) is 10.9. The van der Waals surface area contributed by atoms with E-state index in [9.17, 15) is 9.59 Å². The van der Waals surface area contributed by atoms with Gasteiger partial charge in [-0.3, -0.25) is 14.3 Å². The van der Waals surface area contributed by atoms with Crippen LogP contribution >= 0.6 is 33.9 Å². The lowest BCUT2D eigenvalue weighted by atomic mass is 9.88. The van der Waals surface area contributed by atoms with Crippen molar-refractivity contribution < 1.29 is 9.59 Å². The van der Waals surface area contributed by atoms with Crippen LogP contribution in [0.4, 0.5) is 5.00 Å². The van der Waals surface area contributed by atoms with E-state index in [1.165, 1.54) is 16.0 Å². The average molecular weight is 444 g/mol. The molecule has 0 saturated carbocycles. The smallest absolute Gasteiger partial charge is 0.275 e. The maximum atomic E-state index is 12.5. The minimum absolute atomic E-state index is 0.274. The summed E-state index contributed by atoms with van der Waals surface area (Å²) in [6.07, 6.45) is 4.44. The molecule has 0 fully saturated rings. The van der Waals surface area contributed by atoms with Crippen LogP contribution in [0.15, 0.2) is 6.20 Å². The van der Waals surface area contributed by atoms with Crippen molar-refractivity contribution in [2.45, 2.75) is 26.2 Å². The molecule has 1 aliphatic carbocycles. The number of aromatic nitrogens is 2. The zero-order valence-electron chi connectivity index (χ0n) is 12.9. The Morgan fingerprint density at radius 1 is 1.52 bits per heavy atom. The molecular formula is C15H17IN4O2S. The summed E-state index contributed by atoms with van der Waals surface area (Å²) in [6.45, 7) is 2.20. The van der Waals surface area contributed by atoms with Crippen LogP contribution in [0.2, 0.25) is 0 Å². The molecule has 2 aromatic heterocycles. The number of nitrogens with one attached hydrogen (secondary N) is 1. The number of halogens is 1. The Labute approximate surface area is 151 Å². The first-order valence-corrected chi connectivity index (χ1v) is 9.21. The average Bonchev–Trinajstić information content (AvgIpc) is 2.98. The van der Waals surface area contributed by atoms with Crippen LogP contribution in [-0.4, -0.2) is 21.6 Å². The zero-order chi connectivity index (χ0) is 16.7. The summed E-state index contributed by atoms with van der Waals surface area (Å²) in [4.78, 5) is 25.6. The second-order valence-corrected chi connectivity index (χ2v) is 8.11. The molecule has 6 nitrogen and oxygen atoms in total. The predicted octanol–water partition coefficient (Wildman–Crippen LogP) is 2.56. The Balaban J connectivity index is 1.97. The molecule has 0 bridgehead atoms. The highest BCUT2D eigenvalue weighted by atomic mass is 127. The summed E-state index contributed by atoms with van der Waals surface area (Å²) < 4.78 is 2.29. The van der Waals surface area contributed by atoms with E-state index < -0.39 is 5.91 Å². The van der Waals surface area contributed by atoms with Gasteiger partial charge in [0.05, 0.1) is 15.3 Å². The first kappa shape index (κ1) is 16.4. The number of carbonyl (C=O) groups is 2. The van der Waals surface area contributed by atoms with Gasteiger partial charge in [0.1, 0.15) is 10.7 Å². The van der Waals surface area contributed by atoms with E-state index in [1.54, 1.807) is 13.2 Å². The zero-order valence-corrected chi connectivity index (χ0v) is 15.8. The standard InChI is InChI=1S/C15H17IN4O2S/c1-7-3-4-8-10(5-7)23-15(11(8)13(17)21)19-14(22)12-9(16)6-18-20(12)2/h6-7H,3-5H2,1-2H3,(H2,17,21)(H,19,22). The molecule has 122 valence electrons. The summed E-state index contributed by atoms with van der Waals surface area (Å²) in [5.74, 6) is -0.168. The highest BCUT2D eigenvalue weighted by Gasteiger charge is 2.28. The Morgan fingerprint density at radius 3 is 2.87 bits per heavy atom. The lowest BCUT2D eigenvalue weighted by Gasteiger charge is -2.18. The topological polar surface area (TPSA) is 90.0 Å². The molecule has 0 radical (unpaired) electrons. The predicted molar refractivity (Wildman–Crippen MR) is 97.9 cm³/mol. The molecule has 1 atom stereocenters. The van der Waals surface area contributed by atoms with Gasteiger partial charge in [0.25, 0.3) is 11.8 Å². The molecule has 1 aliphatic rings. The number of fused-ring (bicyclic) bond motifs is 1. The van der Waals surface area contributed by atoms with E-state index in [-0.39, 0.29) is 5.91 Å². The van der Waals surface area contributed by atoms with E-state index >= 15 is 0 Å². The molecule has 3 rings (SSSR count). The van der Waals surface area contributed by atoms with Gasteiger partial charge in [-0.2, -0.15) is 5.10 Å². The molecule has 0 saturated heterocycles. The lowest BCUT2D eigenvalue weighted by Crippen LogP contribution is -2.21. The van der Waals surface area contributed by atoms with Gasteiger partial charge in [0.2, 0.25) is 0 Å². The van der Waals surface area contributed by atoms with E-state index in [0.29, 0.717) is 22.2 Å². The lowest BCUT2D eigenvalue weighted by molar-refractivity contribution is 0.1000. The number of hydrogen-bond acceptors (Lipinski definition) is 4. The molecule has 2 heterocycles. The van der Waals surface area contributed by atoms with Crippen LogP contribution in [0.25, 0.3) is 0 Å². The van der Waals surface area contributed by atoms with Crippen LogP contribution in [-0.2, 0) is 19.9 Å². The van der Waals surface area contributed by atoms with Crippen LogP contribution in [0.3, 0.4) is 0 Å². The summed E-state index contributed by atoms with van der Waals surface area (Å²) >= 11 is 3.53. The number of thiophene rings is 1. The number of anilines is 1. The van der Waals surface area contributed by atoms with Crippen molar-refractivity contribution in [2.24, 2.45) is 18.7 Å². The van der Waals surface area contributed by atoms with Crippen LogP contribution in [0.5, 0.6) is 0 Å². The highest BCUT2D eigenvalue weighted by molar-refractivity contribution is 14.1. The van der Waals surface area contributed by atoms with E-state index in [2.05, 4.69) is 39.9 Å². The van der Waals surface area contributed by atoms with Crippen molar-refractivity contribution >= 4 is 50.7 Å². The highest BCUT2D eigenvalue weighted by Crippen LogP contribution is 2.39. The van der Waals surface area contributed by atoms with Crippen molar-refractivity contribution in [3.05, 3.63) is 31.5 Å². The molecule has 23 heavy (non-hydrogen) atoms. The van der Waals surface area contributed by atoms with Gasteiger partial charge in [0.15, 0.2) is 0 Å². The largest absolute Gasteiger partial charge is 0.365 e. The van der Waals surface area contributed by atoms with Crippen LogP contribution in [0, 0.1) is 9.49 Å². The first-order valence-electron chi connectivity index (χ1n) is 7.31. The van der Waals surface area contributed by atoms with Gasteiger partial charge in [-0.1, -0.05) is 6.92 Å². The number of aryl methyl sites for hydroxylation is 1. The van der Waals surface area contributed by atoms with Crippen molar-refractivity contribution in [1.29, 1.82) is 0 Å². The summed E-state index contributed by atoms with van der Waals surface area (Å²) in [6, 6.07) is 0. The quantitative estimate of drug-likeness (QED) is 0.714. The number of carbonyl (C=O) groups excluding carboxylic acids is 2. The third-order valence-electron chi connectivity index (χ3n) is 4.09. The third kappa shape index (κ3) is 3.01. The molecule has 2 aromatic rings. The minimum atomic E-state index is -0.480. The van der Waals surface area contributed by atoms with Crippen LogP contribution in [0.1, 0.15) is 44.6 Å². The molecular weight excluding hydrogens is 427 g/mol. The van der Waals surface area contributed by atoms with E-state index in [0.717, 1.165) is 33.3 Å². The fourth-order valence-electron chi connectivity index (χ4n) is 2.93. The van der Waals surface area contributed by atoms with Crippen molar-refractivity contribution in [3.8, 4) is 0 Å². The van der Waals surface area contributed by atoms with E-state index in [4.69, 9.17) is 5.73 Å². The Morgan fingerprint density at radius 2 is 2.26 bits per heavy atom. The monoisotopic (exact) mass is 444 g/mol. The van der Waals surface area contributed by atoms with Gasteiger partial charge in [-0.05, 0) is 53.3 Å². The molecule has 2 amide bonds. The van der Waals surface area contributed by atoms with Gasteiger partial charge >= 0.3 is 0 Å². The maximum Gasteiger partial charge on any atom is 0.275 e. The number of primary amides is 1. The van der Waals surface area contributed by atoms with Gasteiger partial charge in [-0.15, -0.1) is 11.3 Å². The molecule has 0 aromatic carbocycles.